The first kappa shape index (κ1) is 11.7. The van der Waals surface area contributed by atoms with Gasteiger partial charge in [0.05, 0.1) is 0 Å². The Morgan fingerprint density at radius 2 is 2.12 bits per heavy atom. The minimum absolute atomic E-state index is 0.168. The van der Waals surface area contributed by atoms with Gasteiger partial charge in [0.1, 0.15) is 5.60 Å². The lowest BCUT2D eigenvalue weighted by molar-refractivity contribution is 0.0182. The Kier molecular flexibility index (Phi) is 2.86. The summed E-state index contributed by atoms with van der Waals surface area (Å²) in [5, 5.41) is 0. The molecule has 1 saturated carbocycles. The van der Waals surface area contributed by atoms with Crippen molar-refractivity contribution in [1.82, 2.24) is 4.90 Å². The van der Waals surface area contributed by atoms with E-state index >= 15 is 0 Å². The fourth-order valence-corrected chi connectivity index (χ4v) is 3.01. The fourth-order valence-electron chi connectivity index (χ4n) is 3.01. The van der Waals surface area contributed by atoms with Gasteiger partial charge in [-0.1, -0.05) is 0 Å². The molecular weight excluding hydrogens is 204 g/mol. The largest absolute Gasteiger partial charge is 0.444 e. The van der Waals surface area contributed by atoms with Crippen LogP contribution in [-0.4, -0.2) is 35.7 Å². The SMILES string of the molecule is CC(C)(C)OC(=O)N1CC2CCC1C2CN. The van der Waals surface area contributed by atoms with E-state index in [2.05, 4.69) is 0 Å². The summed E-state index contributed by atoms with van der Waals surface area (Å²) >= 11 is 0. The predicted octanol–water partition coefficient (Wildman–Crippen LogP) is 1.59. The minimum Gasteiger partial charge on any atom is -0.444 e. The third-order valence-electron chi connectivity index (χ3n) is 3.66. The number of carbonyl (C=O) groups is 1. The molecule has 0 spiro atoms. The molecule has 0 aromatic heterocycles. The van der Waals surface area contributed by atoms with Crippen molar-refractivity contribution in [3.63, 3.8) is 0 Å². The monoisotopic (exact) mass is 226 g/mol. The normalized spacial score (nSPS) is 33.2. The van der Waals surface area contributed by atoms with E-state index in [0.717, 1.165) is 13.0 Å². The molecule has 2 aliphatic rings. The van der Waals surface area contributed by atoms with Gasteiger partial charge in [-0.25, -0.2) is 4.79 Å². The van der Waals surface area contributed by atoms with Crippen molar-refractivity contribution in [3.8, 4) is 0 Å². The third-order valence-corrected chi connectivity index (χ3v) is 3.66. The molecule has 3 unspecified atom stereocenters. The van der Waals surface area contributed by atoms with Gasteiger partial charge in [0.2, 0.25) is 0 Å². The Hall–Kier alpha value is -0.770. The van der Waals surface area contributed by atoms with Gasteiger partial charge >= 0.3 is 6.09 Å². The van der Waals surface area contributed by atoms with Gasteiger partial charge in [0.15, 0.2) is 0 Å². The van der Waals surface area contributed by atoms with Crippen molar-refractivity contribution < 1.29 is 9.53 Å². The average Bonchev–Trinajstić information content (AvgIpc) is 2.70. The summed E-state index contributed by atoms with van der Waals surface area (Å²) in [6.07, 6.45) is 2.13. The topological polar surface area (TPSA) is 55.6 Å². The second-order valence-electron chi connectivity index (χ2n) is 5.94. The molecule has 1 amide bonds. The quantitative estimate of drug-likeness (QED) is 0.738. The fraction of sp³-hybridized carbons (Fsp3) is 0.917. The van der Waals surface area contributed by atoms with Gasteiger partial charge in [0, 0.05) is 12.6 Å². The van der Waals surface area contributed by atoms with Crippen molar-refractivity contribution in [2.24, 2.45) is 17.6 Å². The highest BCUT2D eigenvalue weighted by atomic mass is 16.6. The molecule has 4 nitrogen and oxygen atoms in total. The molecule has 0 aromatic rings. The van der Waals surface area contributed by atoms with E-state index in [9.17, 15) is 4.79 Å². The van der Waals surface area contributed by atoms with Gasteiger partial charge in [0.25, 0.3) is 0 Å². The van der Waals surface area contributed by atoms with Crippen LogP contribution in [0, 0.1) is 11.8 Å². The van der Waals surface area contributed by atoms with Crippen LogP contribution >= 0.6 is 0 Å². The zero-order valence-corrected chi connectivity index (χ0v) is 10.4. The van der Waals surface area contributed by atoms with Gasteiger partial charge < -0.3 is 15.4 Å². The molecule has 16 heavy (non-hydrogen) atoms. The number of nitrogens with two attached hydrogens (primary N) is 1. The summed E-state index contributed by atoms with van der Waals surface area (Å²) in [5.41, 5.74) is 5.36. The molecule has 0 aromatic carbocycles. The van der Waals surface area contributed by atoms with E-state index in [1.807, 2.05) is 25.7 Å². The lowest BCUT2D eigenvalue weighted by Gasteiger charge is -2.30. The van der Waals surface area contributed by atoms with Crippen molar-refractivity contribution in [2.75, 3.05) is 13.1 Å². The smallest absolute Gasteiger partial charge is 0.410 e. The van der Waals surface area contributed by atoms with Crippen LogP contribution in [-0.2, 0) is 4.74 Å². The van der Waals surface area contributed by atoms with Crippen LogP contribution in [0.25, 0.3) is 0 Å². The van der Waals surface area contributed by atoms with Crippen LogP contribution in [0.4, 0.5) is 4.79 Å². The molecule has 1 saturated heterocycles. The number of likely N-dealkylation sites (tertiary alicyclic amines) is 1. The van der Waals surface area contributed by atoms with Gasteiger partial charge in [-0.3, -0.25) is 0 Å². The Morgan fingerprint density at radius 1 is 1.44 bits per heavy atom. The summed E-state index contributed by atoms with van der Waals surface area (Å²) in [5.74, 6) is 1.09. The number of carbonyl (C=O) groups excluding carboxylic acids is 1. The van der Waals surface area contributed by atoms with Crippen LogP contribution in [0.2, 0.25) is 0 Å². The summed E-state index contributed by atoms with van der Waals surface area (Å²) in [7, 11) is 0. The van der Waals surface area contributed by atoms with Gasteiger partial charge in [-0.05, 0) is 52.0 Å². The average molecular weight is 226 g/mol. The summed E-state index contributed by atoms with van der Waals surface area (Å²) in [6.45, 7) is 7.23. The maximum Gasteiger partial charge on any atom is 0.410 e. The highest BCUT2D eigenvalue weighted by molar-refractivity contribution is 5.69. The molecule has 1 heterocycles. The first-order chi connectivity index (χ1) is 7.42. The molecule has 2 rings (SSSR count). The molecule has 0 radical (unpaired) electrons. The van der Waals surface area contributed by atoms with E-state index in [4.69, 9.17) is 10.5 Å². The van der Waals surface area contributed by atoms with Crippen LogP contribution < -0.4 is 5.73 Å². The number of hydrogen-bond donors (Lipinski definition) is 1. The van der Waals surface area contributed by atoms with Crippen LogP contribution in [0.15, 0.2) is 0 Å². The van der Waals surface area contributed by atoms with Crippen molar-refractivity contribution in [1.29, 1.82) is 0 Å². The Balaban J connectivity index is 2.00. The lowest BCUT2D eigenvalue weighted by Crippen LogP contribution is -2.42. The van der Waals surface area contributed by atoms with Crippen molar-refractivity contribution in [3.05, 3.63) is 0 Å². The number of rotatable bonds is 1. The maximum atomic E-state index is 12.0. The van der Waals surface area contributed by atoms with Crippen LogP contribution in [0.1, 0.15) is 33.6 Å². The number of nitrogens with zero attached hydrogens (tertiary/aromatic N) is 1. The van der Waals surface area contributed by atoms with E-state index in [1.54, 1.807) is 0 Å². The van der Waals surface area contributed by atoms with E-state index in [1.165, 1.54) is 6.42 Å². The Bertz CT molecular complexity index is 285. The standard InChI is InChI=1S/C12H22N2O2/c1-12(2,3)16-11(15)14-7-8-4-5-10(14)9(8)6-13/h8-10H,4-7,13H2,1-3H3. The van der Waals surface area contributed by atoms with Crippen molar-refractivity contribution >= 4 is 6.09 Å². The molecule has 2 bridgehead atoms. The second kappa shape index (κ2) is 3.91. The molecular formula is C12H22N2O2. The Morgan fingerprint density at radius 3 is 2.62 bits per heavy atom. The van der Waals surface area contributed by atoms with E-state index in [0.29, 0.717) is 24.4 Å². The number of amides is 1. The first-order valence-electron chi connectivity index (χ1n) is 6.12. The number of fused-ring (bicyclic) bond motifs is 2. The maximum absolute atomic E-state index is 12.0. The summed E-state index contributed by atoms with van der Waals surface area (Å²) in [4.78, 5) is 13.9. The molecule has 92 valence electrons. The zero-order chi connectivity index (χ0) is 11.9. The zero-order valence-electron chi connectivity index (χ0n) is 10.4. The number of ether oxygens (including phenoxy) is 1. The first-order valence-corrected chi connectivity index (χ1v) is 6.12. The number of piperidine rings is 1. The summed E-state index contributed by atoms with van der Waals surface area (Å²) < 4.78 is 5.41. The van der Waals surface area contributed by atoms with Crippen molar-refractivity contribution in [2.45, 2.75) is 45.3 Å². The minimum atomic E-state index is -0.406. The van der Waals surface area contributed by atoms with E-state index < -0.39 is 5.60 Å². The molecule has 2 N–H and O–H groups in total. The van der Waals surface area contributed by atoms with E-state index in [-0.39, 0.29) is 6.09 Å². The van der Waals surface area contributed by atoms with Gasteiger partial charge in [-0.2, -0.15) is 0 Å². The molecule has 1 aliphatic heterocycles. The molecule has 1 aliphatic carbocycles. The lowest BCUT2D eigenvalue weighted by atomic mass is 9.99. The molecule has 4 heteroatoms. The molecule has 2 fully saturated rings. The van der Waals surface area contributed by atoms with Crippen LogP contribution in [0.5, 0.6) is 0 Å². The highest BCUT2D eigenvalue weighted by Crippen LogP contribution is 2.42. The predicted molar refractivity (Wildman–Crippen MR) is 62.0 cm³/mol. The Labute approximate surface area is 97.1 Å². The number of hydrogen-bond acceptors (Lipinski definition) is 3. The third kappa shape index (κ3) is 2.03. The van der Waals surface area contributed by atoms with Gasteiger partial charge in [-0.15, -0.1) is 0 Å². The van der Waals surface area contributed by atoms with Crippen LogP contribution in [0.3, 0.4) is 0 Å². The molecule has 3 atom stereocenters. The second-order valence-corrected chi connectivity index (χ2v) is 5.94. The highest BCUT2D eigenvalue weighted by Gasteiger charge is 2.48. The summed E-state index contributed by atoms with van der Waals surface area (Å²) in [6, 6.07) is 0.324.